The van der Waals surface area contributed by atoms with E-state index < -0.39 is 10.0 Å². The number of aryl methyl sites for hydroxylation is 1. The van der Waals surface area contributed by atoms with Crippen LogP contribution in [0.25, 0.3) is 0 Å². The average molecular weight is 277 g/mol. The molecule has 2 rings (SSSR count). The van der Waals surface area contributed by atoms with Crippen molar-refractivity contribution in [3.8, 4) is 0 Å². The van der Waals surface area contributed by atoms with Gasteiger partial charge in [0.15, 0.2) is 5.69 Å². The maximum Gasteiger partial charge on any atom is 0.282 e. The molecule has 2 aromatic rings. The van der Waals surface area contributed by atoms with Crippen LogP contribution in [0.3, 0.4) is 0 Å². The van der Waals surface area contributed by atoms with Crippen LogP contribution in [-0.4, -0.2) is 15.5 Å². The van der Waals surface area contributed by atoms with Gasteiger partial charge >= 0.3 is 0 Å². The molecule has 0 fully saturated rings. The van der Waals surface area contributed by atoms with Gasteiger partial charge in [-0.15, -0.1) is 0 Å². The van der Waals surface area contributed by atoms with Crippen LogP contribution < -0.4 is 9.84 Å². The summed E-state index contributed by atoms with van der Waals surface area (Å²) in [6, 6.07) is 16.2. The monoisotopic (exact) mass is 277 g/mol. The number of nitrogens with one attached hydrogen (secondary N) is 2. The number of para-hydroxylation sites is 1. The molecule has 0 aliphatic heterocycles. The lowest BCUT2D eigenvalue weighted by atomic mass is 10.2. The van der Waals surface area contributed by atoms with Gasteiger partial charge in [0.25, 0.3) is 10.0 Å². The van der Waals surface area contributed by atoms with Crippen molar-refractivity contribution in [1.29, 1.82) is 0 Å². The highest BCUT2D eigenvalue weighted by Gasteiger charge is 2.19. The number of hydrogen-bond acceptors (Lipinski definition) is 2. The Balaban J connectivity index is 2.20. The topological polar surface area (TPSA) is 50.6 Å². The molecule has 0 aromatic heterocycles. The number of benzene rings is 2. The van der Waals surface area contributed by atoms with Gasteiger partial charge in [-0.2, -0.15) is 0 Å². The first kappa shape index (κ1) is 13.7. The van der Waals surface area contributed by atoms with Crippen molar-refractivity contribution >= 4 is 15.7 Å². The summed E-state index contributed by atoms with van der Waals surface area (Å²) in [5.74, 6) is 0. The fourth-order valence-corrected chi connectivity index (χ4v) is 2.86. The van der Waals surface area contributed by atoms with Gasteiger partial charge in [0.05, 0.1) is 11.9 Å². The fraction of sp³-hybridized carbons (Fsp3) is 0.143. The Morgan fingerprint density at radius 2 is 1.53 bits per heavy atom. The SMILES string of the molecule is Cc1ccc(S(=O)(=O)N[NH+](C)c2ccccc2)cc1. The van der Waals surface area contributed by atoms with Crippen LogP contribution in [-0.2, 0) is 10.0 Å². The smallest absolute Gasteiger partial charge is 0.213 e. The molecule has 1 atom stereocenters. The van der Waals surface area contributed by atoms with Gasteiger partial charge in [-0.3, -0.25) is 0 Å². The molecule has 0 bridgehead atoms. The van der Waals surface area contributed by atoms with Crippen LogP contribution in [0.1, 0.15) is 5.56 Å². The number of quaternary nitrogens is 1. The Hall–Kier alpha value is -1.69. The summed E-state index contributed by atoms with van der Waals surface area (Å²) in [6.45, 7) is 1.92. The predicted octanol–water partition coefficient (Wildman–Crippen LogP) is 1.03. The van der Waals surface area contributed by atoms with Crippen LogP contribution in [0.15, 0.2) is 59.5 Å². The van der Waals surface area contributed by atoms with E-state index in [2.05, 4.69) is 4.83 Å². The van der Waals surface area contributed by atoms with E-state index in [1.807, 2.05) is 37.3 Å². The maximum absolute atomic E-state index is 12.2. The zero-order chi connectivity index (χ0) is 13.9. The van der Waals surface area contributed by atoms with Crippen LogP contribution >= 0.6 is 0 Å². The molecule has 0 amide bonds. The van der Waals surface area contributed by atoms with Crippen molar-refractivity contribution in [2.45, 2.75) is 11.8 Å². The second kappa shape index (κ2) is 5.52. The van der Waals surface area contributed by atoms with Gasteiger partial charge in [-0.05, 0) is 23.9 Å². The Morgan fingerprint density at radius 3 is 2.11 bits per heavy atom. The minimum absolute atomic E-state index is 0.272. The van der Waals surface area contributed by atoms with E-state index in [1.54, 1.807) is 31.3 Å². The molecule has 0 heterocycles. The van der Waals surface area contributed by atoms with E-state index >= 15 is 0 Å². The third-order valence-corrected chi connectivity index (χ3v) is 4.29. The largest absolute Gasteiger partial charge is 0.282 e. The summed E-state index contributed by atoms with van der Waals surface area (Å²) >= 11 is 0. The van der Waals surface area contributed by atoms with Crippen LogP contribution in [0.4, 0.5) is 5.69 Å². The minimum Gasteiger partial charge on any atom is -0.213 e. The van der Waals surface area contributed by atoms with Crippen LogP contribution in [0, 0.1) is 6.92 Å². The predicted molar refractivity (Wildman–Crippen MR) is 74.5 cm³/mol. The van der Waals surface area contributed by atoms with Gasteiger partial charge in [0, 0.05) is 12.1 Å². The van der Waals surface area contributed by atoms with Gasteiger partial charge in [-0.1, -0.05) is 35.9 Å². The quantitative estimate of drug-likeness (QED) is 0.820. The molecule has 2 aromatic carbocycles. The molecular weight excluding hydrogens is 260 g/mol. The van der Waals surface area contributed by atoms with Gasteiger partial charge in [-0.25, -0.2) is 13.4 Å². The standard InChI is InChI=1S/C14H16N2O2S/c1-12-8-10-14(11-9-12)19(17,18)15-16(2)13-6-4-3-5-7-13/h3-11,15H,1-2H3/p+1. The summed E-state index contributed by atoms with van der Waals surface area (Å²) in [4.78, 5) is 2.87. The number of hydrogen-bond donors (Lipinski definition) is 2. The lowest BCUT2D eigenvalue weighted by molar-refractivity contribution is -0.843. The number of rotatable bonds is 4. The maximum atomic E-state index is 12.2. The van der Waals surface area contributed by atoms with Gasteiger partial charge in [0.1, 0.15) is 0 Å². The molecule has 2 N–H and O–H groups in total. The van der Waals surface area contributed by atoms with Crippen molar-refractivity contribution in [3.05, 3.63) is 60.2 Å². The Morgan fingerprint density at radius 1 is 0.947 bits per heavy atom. The third kappa shape index (κ3) is 3.41. The normalized spacial score (nSPS) is 13.2. The van der Waals surface area contributed by atoms with Crippen LogP contribution in [0.2, 0.25) is 0 Å². The summed E-state index contributed by atoms with van der Waals surface area (Å²) < 4.78 is 24.4. The highest BCUT2D eigenvalue weighted by molar-refractivity contribution is 7.89. The summed E-state index contributed by atoms with van der Waals surface area (Å²) in [6.07, 6.45) is 0. The van der Waals surface area contributed by atoms with E-state index in [0.29, 0.717) is 5.01 Å². The number of sulfonamides is 1. The lowest BCUT2D eigenvalue weighted by Gasteiger charge is -2.14. The van der Waals surface area contributed by atoms with Crippen molar-refractivity contribution in [3.63, 3.8) is 0 Å². The van der Waals surface area contributed by atoms with Gasteiger partial charge in [0.2, 0.25) is 0 Å². The first-order valence-corrected chi connectivity index (χ1v) is 7.46. The second-order valence-electron chi connectivity index (χ2n) is 4.41. The average Bonchev–Trinajstić information content (AvgIpc) is 2.40. The molecule has 0 aliphatic rings. The highest BCUT2D eigenvalue weighted by Crippen LogP contribution is 2.09. The molecule has 0 spiro atoms. The first-order chi connectivity index (χ1) is 8.99. The van der Waals surface area contributed by atoms with E-state index in [1.165, 1.54) is 0 Å². The molecule has 0 saturated heterocycles. The molecule has 1 unspecified atom stereocenters. The zero-order valence-corrected chi connectivity index (χ0v) is 11.7. The molecule has 4 nitrogen and oxygen atoms in total. The van der Waals surface area contributed by atoms with E-state index in [4.69, 9.17) is 0 Å². The third-order valence-electron chi connectivity index (χ3n) is 2.83. The fourth-order valence-electron chi connectivity index (χ4n) is 1.72. The van der Waals surface area contributed by atoms with Crippen molar-refractivity contribution in [2.24, 2.45) is 0 Å². The molecule has 19 heavy (non-hydrogen) atoms. The van der Waals surface area contributed by atoms with Gasteiger partial charge < -0.3 is 0 Å². The van der Waals surface area contributed by atoms with Crippen molar-refractivity contribution in [1.82, 2.24) is 4.83 Å². The molecular formula is C14H17N2O2S+. The van der Waals surface area contributed by atoms with Crippen molar-refractivity contribution in [2.75, 3.05) is 7.05 Å². The molecule has 0 aliphatic carbocycles. The Bertz CT molecular complexity index is 637. The van der Waals surface area contributed by atoms with Crippen LogP contribution in [0.5, 0.6) is 0 Å². The Labute approximate surface area is 113 Å². The molecule has 100 valence electrons. The lowest BCUT2D eigenvalue weighted by Crippen LogP contribution is -3.11. The highest BCUT2D eigenvalue weighted by atomic mass is 32.2. The van der Waals surface area contributed by atoms with Crippen molar-refractivity contribution < 1.29 is 13.4 Å². The van der Waals surface area contributed by atoms with E-state index in [-0.39, 0.29) is 4.90 Å². The summed E-state index contributed by atoms with van der Waals surface area (Å²) in [5.41, 5.74) is 1.89. The zero-order valence-electron chi connectivity index (χ0n) is 10.9. The van der Waals surface area contributed by atoms with E-state index in [0.717, 1.165) is 11.3 Å². The van der Waals surface area contributed by atoms with E-state index in [9.17, 15) is 8.42 Å². The minimum atomic E-state index is -3.51. The molecule has 0 saturated carbocycles. The molecule has 0 radical (unpaired) electrons. The second-order valence-corrected chi connectivity index (χ2v) is 6.09. The molecule has 5 heteroatoms. The Kier molecular flexibility index (Phi) is 3.99. The first-order valence-electron chi connectivity index (χ1n) is 5.97. The summed E-state index contributed by atoms with van der Waals surface area (Å²) in [5, 5.41) is 0.612. The summed E-state index contributed by atoms with van der Waals surface area (Å²) in [7, 11) is -1.76.